The molecule has 1 saturated heterocycles. The van der Waals surface area contributed by atoms with Gasteiger partial charge in [-0.05, 0) is 37.0 Å². The summed E-state index contributed by atoms with van der Waals surface area (Å²) in [7, 11) is 0. The Morgan fingerprint density at radius 1 is 1.43 bits per heavy atom. The van der Waals surface area contributed by atoms with Gasteiger partial charge in [0.15, 0.2) is 0 Å². The minimum Gasteiger partial charge on any atom is -0.394 e. The van der Waals surface area contributed by atoms with Gasteiger partial charge in [0, 0.05) is 0 Å². The van der Waals surface area contributed by atoms with Crippen LogP contribution in [0, 0.1) is 11.3 Å². The van der Waals surface area contributed by atoms with Crippen LogP contribution >= 0.6 is 0 Å². The third kappa shape index (κ3) is 1.59. The molecule has 1 N–H and O–H groups in total. The summed E-state index contributed by atoms with van der Waals surface area (Å²) in [6.07, 6.45) is 4.70. The summed E-state index contributed by atoms with van der Waals surface area (Å²) in [6.45, 7) is 7.14. The molecule has 2 rings (SSSR count). The Morgan fingerprint density at radius 2 is 2.14 bits per heavy atom. The molecule has 0 bridgehead atoms. The molecule has 1 saturated carbocycles. The van der Waals surface area contributed by atoms with Gasteiger partial charge in [0.25, 0.3) is 0 Å². The highest BCUT2D eigenvalue weighted by Crippen LogP contribution is 2.54. The van der Waals surface area contributed by atoms with Crippen molar-refractivity contribution in [2.75, 3.05) is 6.61 Å². The minimum atomic E-state index is 0.0941. The van der Waals surface area contributed by atoms with E-state index in [1.54, 1.807) is 0 Å². The Balaban J connectivity index is 2.11. The third-order valence-corrected chi connectivity index (χ3v) is 4.03. The maximum atomic E-state index is 9.10. The van der Waals surface area contributed by atoms with Gasteiger partial charge >= 0.3 is 0 Å². The molecule has 2 heteroatoms. The van der Waals surface area contributed by atoms with Gasteiger partial charge in [-0.1, -0.05) is 20.8 Å². The van der Waals surface area contributed by atoms with E-state index in [0.29, 0.717) is 11.3 Å². The lowest BCUT2D eigenvalue weighted by Gasteiger charge is -2.29. The SMILES string of the molecule is C[C@@H]1CC(C)(C)C[C@@]12CC[C@H](CO)O2. The lowest BCUT2D eigenvalue weighted by Crippen LogP contribution is -2.33. The van der Waals surface area contributed by atoms with E-state index < -0.39 is 0 Å². The zero-order chi connectivity index (χ0) is 10.4. The van der Waals surface area contributed by atoms with Crippen molar-refractivity contribution < 1.29 is 9.84 Å². The van der Waals surface area contributed by atoms with Gasteiger partial charge in [0.05, 0.1) is 18.3 Å². The van der Waals surface area contributed by atoms with E-state index in [1.165, 1.54) is 6.42 Å². The second-order valence-electron chi connectivity index (χ2n) is 5.97. The van der Waals surface area contributed by atoms with Crippen LogP contribution in [0.5, 0.6) is 0 Å². The molecule has 2 nitrogen and oxygen atoms in total. The lowest BCUT2D eigenvalue weighted by molar-refractivity contribution is -0.0795. The monoisotopic (exact) mass is 198 g/mol. The fraction of sp³-hybridized carbons (Fsp3) is 1.00. The quantitative estimate of drug-likeness (QED) is 0.701. The van der Waals surface area contributed by atoms with Crippen molar-refractivity contribution in [3.8, 4) is 0 Å². The largest absolute Gasteiger partial charge is 0.394 e. The molecule has 14 heavy (non-hydrogen) atoms. The van der Waals surface area contributed by atoms with Crippen molar-refractivity contribution in [2.45, 2.75) is 58.2 Å². The molecule has 1 aliphatic heterocycles. The molecule has 1 spiro atoms. The highest BCUT2D eigenvalue weighted by atomic mass is 16.5. The average Bonchev–Trinajstić information content (AvgIpc) is 2.56. The molecule has 2 aliphatic rings. The Labute approximate surface area is 86.6 Å². The number of aliphatic hydroxyl groups excluding tert-OH is 1. The molecule has 0 amide bonds. The zero-order valence-corrected chi connectivity index (χ0v) is 9.55. The third-order valence-electron chi connectivity index (χ3n) is 4.03. The number of hydrogen-bond donors (Lipinski definition) is 1. The van der Waals surface area contributed by atoms with E-state index in [4.69, 9.17) is 9.84 Å². The van der Waals surface area contributed by atoms with Gasteiger partial charge in [0.1, 0.15) is 0 Å². The molecule has 1 heterocycles. The highest BCUT2D eigenvalue weighted by Gasteiger charge is 2.52. The Kier molecular flexibility index (Phi) is 2.39. The summed E-state index contributed by atoms with van der Waals surface area (Å²) in [5, 5.41) is 9.10. The van der Waals surface area contributed by atoms with Gasteiger partial charge in [-0.15, -0.1) is 0 Å². The van der Waals surface area contributed by atoms with Crippen LogP contribution in [0.25, 0.3) is 0 Å². The van der Waals surface area contributed by atoms with Gasteiger partial charge in [-0.3, -0.25) is 0 Å². The summed E-state index contributed by atoms with van der Waals surface area (Å²) in [5.41, 5.74) is 0.515. The molecule has 2 fully saturated rings. The van der Waals surface area contributed by atoms with Crippen LogP contribution in [-0.2, 0) is 4.74 Å². The first kappa shape index (κ1) is 10.4. The van der Waals surface area contributed by atoms with Crippen LogP contribution in [0.2, 0.25) is 0 Å². The van der Waals surface area contributed by atoms with E-state index in [9.17, 15) is 0 Å². The van der Waals surface area contributed by atoms with Crippen molar-refractivity contribution in [1.82, 2.24) is 0 Å². The number of rotatable bonds is 1. The zero-order valence-electron chi connectivity index (χ0n) is 9.55. The van der Waals surface area contributed by atoms with Crippen molar-refractivity contribution in [1.29, 1.82) is 0 Å². The summed E-state index contributed by atoms with van der Waals surface area (Å²) in [5.74, 6) is 0.647. The van der Waals surface area contributed by atoms with E-state index >= 15 is 0 Å². The topological polar surface area (TPSA) is 29.5 Å². The molecule has 82 valence electrons. The number of ether oxygens (including phenoxy) is 1. The second kappa shape index (κ2) is 3.21. The summed E-state index contributed by atoms with van der Waals surface area (Å²) in [6, 6.07) is 0. The molecule has 0 aromatic rings. The fourth-order valence-corrected chi connectivity index (χ4v) is 3.55. The summed E-state index contributed by atoms with van der Waals surface area (Å²) >= 11 is 0. The van der Waals surface area contributed by atoms with Crippen LogP contribution in [0.15, 0.2) is 0 Å². The van der Waals surface area contributed by atoms with E-state index in [2.05, 4.69) is 20.8 Å². The average molecular weight is 198 g/mol. The maximum Gasteiger partial charge on any atom is 0.0814 e. The first-order valence-corrected chi connectivity index (χ1v) is 5.76. The van der Waals surface area contributed by atoms with Crippen LogP contribution in [0.1, 0.15) is 46.5 Å². The van der Waals surface area contributed by atoms with Crippen LogP contribution in [-0.4, -0.2) is 23.4 Å². The highest BCUT2D eigenvalue weighted by molar-refractivity contribution is 5.03. The lowest BCUT2D eigenvalue weighted by atomic mass is 9.87. The van der Waals surface area contributed by atoms with Crippen LogP contribution in [0.3, 0.4) is 0 Å². The van der Waals surface area contributed by atoms with Crippen molar-refractivity contribution in [3.05, 3.63) is 0 Å². The molecule has 0 aromatic heterocycles. The molecular weight excluding hydrogens is 176 g/mol. The van der Waals surface area contributed by atoms with Crippen LogP contribution < -0.4 is 0 Å². The van der Waals surface area contributed by atoms with Gasteiger partial charge < -0.3 is 9.84 Å². The smallest absolute Gasteiger partial charge is 0.0814 e. The number of aliphatic hydroxyl groups is 1. The fourth-order valence-electron chi connectivity index (χ4n) is 3.55. The molecule has 0 unspecified atom stereocenters. The van der Waals surface area contributed by atoms with Crippen molar-refractivity contribution in [2.24, 2.45) is 11.3 Å². The summed E-state index contributed by atoms with van der Waals surface area (Å²) < 4.78 is 6.06. The molecular formula is C12H22O2. The van der Waals surface area contributed by atoms with Crippen LogP contribution in [0.4, 0.5) is 0 Å². The first-order chi connectivity index (χ1) is 6.47. The van der Waals surface area contributed by atoms with E-state index in [1.807, 2.05) is 0 Å². The van der Waals surface area contributed by atoms with Gasteiger partial charge in [-0.25, -0.2) is 0 Å². The van der Waals surface area contributed by atoms with Gasteiger partial charge in [0.2, 0.25) is 0 Å². The van der Waals surface area contributed by atoms with E-state index in [-0.39, 0.29) is 18.3 Å². The standard InChI is InChI=1S/C12H22O2/c1-9-6-11(2,3)8-12(9)5-4-10(7-13)14-12/h9-10,13H,4-8H2,1-3H3/t9-,10-,12+/m1/s1. The first-order valence-electron chi connectivity index (χ1n) is 5.76. The van der Waals surface area contributed by atoms with E-state index in [0.717, 1.165) is 19.3 Å². The predicted octanol–water partition coefficient (Wildman–Crippen LogP) is 2.35. The number of hydrogen-bond acceptors (Lipinski definition) is 2. The van der Waals surface area contributed by atoms with Gasteiger partial charge in [-0.2, -0.15) is 0 Å². The van der Waals surface area contributed by atoms with Crippen molar-refractivity contribution >= 4 is 0 Å². The Morgan fingerprint density at radius 3 is 2.57 bits per heavy atom. The Hall–Kier alpha value is -0.0800. The minimum absolute atomic E-state index is 0.0941. The maximum absolute atomic E-state index is 9.10. The van der Waals surface area contributed by atoms with Crippen molar-refractivity contribution in [3.63, 3.8) is 0 Å². The molecule has 3 atom stereocenters. The predicted molar refractivity (Wildman–Crippen MR) is 56.1 cm³/mol. The molecule has 0 aromatic carbocycles. The normalized spacial score (nSPS) is 46.3. The Bertz CT molecular complexity index is 224. The molecule has 0 radical (unpaired) electrons. The second-order valence-corrected chi connectivity index (χ2v) is 5.97. The summed E-state index contributed by atoms with van der Waals surface area (Å²) in [4.78, 5) is 0. The molecule has 1 aliphatic carbocycles.